The first-order valence-corrected chi connectivity index (χ1v) is 15.6. The van der Waals surface area contributed by atoms with Crippen molar-refractivity contribution in [2.75, 3.05) is 32.8 Å². The van der Waals surface area contributed by atoms with E-state index in [2.05, 4.69) is 15.6 Å². The fourth-order valence-corrected chi connectivity index (χ4v) is 7.15. The number of β-amino-alcohol motifs (C(OH)–C–C–N with tert-alkyl or cyclic N) is 1. The summed E-state index contributed by atoms with van der Waals surface area (Å²) in [6, 6.07) is 5.65. The lowest BCUT2D eigenvalue weighted by Gasteiger charge is -2.43. The highest BCUT2D eigenvalue weighted by atomic mass is 32.2. The highest BCUT2D eigenvalue weighted by Gasteiger charge is 2.53. The zero-order chi connectivity index (χ0) is 29.6. The van der Waals surface area contributed by atoms with Crippen molar-refractivity contribution in [1.29, 1.82) is 0 Å². The summed E-state index contributed by atoms with van der Waals surface area (Å²) in [7, 11) is -3.78. The van der Waals surface area contributed by atoms with E-state index in [-0.39, 0.29) is 43.4 Å². The molecule has 3 heterocycles. The van der Waals surface area contributed by atoms with Crippen molar-refractivity contribution in [2.45, 2.75) is 82.0 Å². The maximum atomic E-state index is 14.3. The highest BCUT2D eigenvalue weighted by Crippen LogP contribution is 2.43. The number of nitrogens with one attached hydrogen (secondary N) is 1. The van der Waals surface area contributed by atoms with Gasteiger partial charge in [-0.15, -0.1) is 5.10 Å². The highest BCUT2D eigenvalue weighted by molar-refractivity contribution is 7.89. The fourth-order valence-electron chi connectivity index (χ4n) is 5.52. The normalized spacial score (nSPS) is 23.8. The first kappa shape index (κ1) is 29.6. The molecule has 13 heteroatoms. The van der Waals surface area contributed by atoms with E-state index < -0.39 is 39.0 Å². The van der Waals surface area contributed by atoms with Crippen LogP contribution in [-0.2, 0) is 36.4 Å². The van der Waals surface area contributed by atoms with Gasteiger partial charge in [-0.3, -0.25) is 9.59 Å². The average Bonchev–Trinajstić information content (AvgIpc) is 3.54. The fraction of sp³-hybridized carbons (Fsp3) is 0.643. The number of carbonyl (C=O) groups is 2. The van der Waals surface area contributed by atoms with E-state index in [4.69, 9.17) is 4.74 Å². The number of aromatic nitrogens is 3. The molecule has 0 bridgehead atoms. The Balaban J connectivity index is 1.35. The Labute approximate surface area is 241 Å². The van der Waals surface area contributed by atoms with Gasteiger partial charge in [0.1, 0.15) is 11.6 Å². The molecule has 2 amide bonds. The lowest BCUT2D eigenvalue weighted by atomic mass is 9.73. The lowest BCUT2D eigenvalue weighted by molar-refractivity contribution is -0.151. The van der Waals surface area contributed by atoms with Crippen molar-refractivity contribution in [2.24, 2.45) is 5.41 Å². The third-order valence-corrected chi connectivity index (χ3v) is 10.7. The molecule has 3 atom stereocenters. The van der Waals surface area contributed by atoms with Crippen LogP contribution in [0.4, 0.5) is 0 Å². The third-order valence-electron chi connectivity index (χ3n) is 8.70. The molecule has 3 aliphatic rings. The smallest absolute Gasteiger partial charge is 0.251 e. The second kappa shape index (κ2) is 11.1. The number of morpholine rings is 1. The number of amides is 2. The minimum Gasteiger partial charge on any atom is -0.391 e. The number of ether oxygens (including phenoxy) is 1. The van der Waals surface area contributed by atoms with E-state index in [9.17, 15) is 23.1 Å². The van der Waals surface area contributed by atoms with Gasteiger partial charge in [0, 0.05) is 44.7 Å². The Hall–Kier alpha value is -2.87. The van der Waals surface area contributed by atoms with Gasteiger partial charge >= 0.3 is 0 Å². The van der Waals surface area contributed by atoms with Crippen LogP contribution in [0.2, 0.25) is 0 Å². The van der Waals surface area contributed by atoms with E-state index >= 15 is 0 Å². The average molecular weight is 589 g/mol. The van der Waals surface area contributed by atoms with Gasteiger partial charge in [0.25, 0.3) is 5.91 Å². The van der Waals surface area contributed by atoms with Crippen LogP contribution in [0, 0.1) is 5.41 Å². The molecule has 3 fully saturated rings. The Morgan fingerprint density at radius 2 is 1.80 bits per heavy atom. The maximum absolute atomic E-state index is 14.3. The maximum Gasteiger partial charge on any atom is 0.251 e. The number of rotatable bonds is 8. The molecule has 1 aliphatic carbocycles. The van der Waals surface area contributed by atoms with Gasteiger partial charge in [0.05, 0.1) is 29.9 Å². The molecule has 1 saturated carbocycles. The van der Waals surface area contributed by atoms with Crippen molar-refractivity contribution >= 4 is 21.8 Å². The molecule has 1 aromatic heterocycles. The Morgan fingerprint density at radius 3 is 2.46 bits per heavy atom. The van der Waals surface area contributed by atoms with Crippen molar-refractivity contribution in [3.8, 4) is 0 Å². The van der Waals surface area contributed by atoms with Gasteiger partial charge in [-0.25, -0.2) is 13.1 Å². The number of aliphatic hydroxyl groups excluding tert-OH is 1. The van der Waals surface area contributed by atoms with Crippen LogP contribution in [0.5, 0.6) is 0 Å². The van der Waals surface area contributed by atoms with Gasteiger partial charge in [-0.1, -0.05) is 44.2 Å². The van der Waals surface area contributed by atoms with Gasteiger partial charge in [-0.05, 0) is 36.8 Å². The van der Waals surface area contributed by atoms with E-state index in [0.717, 1.165) is 18.5 Å². The number of likely N-dealkylation sites (tertiary alicyclic amines) is 1. The molecule has 12 nitrogen and oxygen atoms in total. The summed E-state index contributed by atoms with van der Waals surface area (Å²) >= 11 is 0. The summed E-state index contributed by atoms with van der Waals surface area (Å²) in [4.78, 5) is 29.3. The number of hydrogen-bond acceptors (Lipinski definition) is 8. The van der Waals surface area contributed by atoms with Crippen LogP contribution in [0.1, 0.15) is 64.1 Å². The standard InChI is InChI=1S/C28H40N6O6S/c1-27(2,3)28(4,34-18-22(30-31-34)19-9-10-19)26(37)33-17-21(35)15-23(33)25(36)29-16-20-7-5-6-8-24(20)41(38,39)32-11-13-40-14-12-32/h5-8,18-19,21,23,35H,9-17H2,1-4H3,(H,29,36)/t21-,23+,28-/m1/s1. The number of carbonyl (C=O) groups excluding carboxylic acids is 2. The Kier molecular flexibility index (Phi) is 8.01. The molecule has 2 aliphatic heterocycles. The van der Waals surface area contributed by atoms with E-state index in [1.807, 2.05) is 27.0 Å². The van der Waals surface area contributed by atoms with Crippen molar-refractivity contribution in [1.82, 2.24) is 29.5 Å². The van der Waals surface area contributed by atoms with Crippen LogP contribution < -0.4 is 5.32 Å². The number of benzene rings is 1. The quantitative estimate of drug-likeness (QED) is 0.468. The second-order valence-electron chi connectivity index (χ2n) is 12.4. The first-order valence-electron chi connectivity index (χ1n) is 14.2. The summed E-state index contributed by atoms with van der Waals surface area (Å²) in [5.74, 6) is -0.420. The first-order chi connectivity index (χ1) is 19.3. The summed E-state index contributed by atoms with van der Waals surface area (Å²) < 4.78 is 35.0. The summed E-state index contributed by atoms with van der Waals surface area (Å²) in [6.45, 7) is 8.77. The number of sulfonamides is 1. The molecular formula is C28H40N6O6S. The Morgan fingerprint density at radius 1 is 1.12 bits per heavy atom. The lowest BCUT2D eigenvalue weighted by Crippen LogP contribution is -2.59. The van der Waals surface area contributed by atoms with Crippen LogP contribution >= 0.6 is 0 Å². The van der Waals surface area contributed by atoms with Crippen molar-refractivity contribution in [3.05, 3.63) is 41.7 Å². The molecule has 224 valence electrons. The number of hydrogen-bond donors (Lipinski definition) is 2. The van der Waals surface area contributed by atoms with E-state index in [1.165, 1.54) is 15.3 Å². The van der Waals surface area contributed by atoms with E-state index in [0.29, 0.717) is 24.7 Å². The predicted molar refractivity (Wildman–Crippen MR) is 149 cm³/mol. The summed E-state index contributed by atoms with van der Waals surface area (Å²) in [6.07, 6.45) is 3.14. The van der Waals surface area contributed by atoms with Crippen molar-refractivity contribution in [3.63, 3.8) is 0 Å². The molecule has 0 unspecified atom stereocenters. The molecule has 0 radical (unpaired) electrons. The zero-order valence-corrected chi connectivity index (χ0v) is 24.9. The molecule has 5 rings (SSSR count). The monoisotopic (exact) mass is 588 g/mol. The SMILES string of the molecule is CC(C)(C)[C@@](C)(C(=O)N1C[C@H](O)C[C@H]1C(=O)NCc1ccccc1S(=O)(=O)N1CCOCC1)n1cc(C2CC2)nn1. The van der Waals surface area contributed by atoms with E-state index in [1.54, 1.807) is 29.8 Å². The molecule has 2 saturated heterocycles. The molecular weight excluding hydrogens is 548 g/mol. The molecule has 1 aromatic carbocycles. The van der Waals surface area contributed by atoms with Crippen LogP contribution in [0.3, 0.4) is 0 Å². The molecule has 2 N–H and O–H groups in total. The van der Waals surface area contributed by atoms with Crippen molar-refractivity contribution < 1.29 is 27.9 Å². The van der Waals surface area contributed by atoms with Gasteiger partial charge in [0.2, 0.25) is 15.9 Å². The van der Waals surface area contributed by atoms with Crippen LogP contribution in [0.15, 0.2) is 35.4 Å². The molecule has 0 spiro atoms. The Bertz CT molecular complexity index is 1390. The van der Waals surface area contributed by atoms with Gasteiger partial charge in [-0.2, -0.15) is 4.31 Å². The zero-order valence-electron chi connectivity index (χ0n) is 24.1. The van der Waals surface area contributed by atoms with Crippen LogP contribution in [0.25, 0.3) is 0 Å². The molecule has 2 aromatic rings. The summed E-state index contributed by atoms with van der Waals surface area (Å²) in [5.41, 5.74) is -0.470. The largest absolute Gasteiger partial charge is 0.391 e. The number of nitrogens with zero attached hydrogens (tertiary/aromatic N) is 5. The number of aliphatic hydroxyl groups is 1. The minimum atomic E-state index is -3.78. The summed E-state index contributed by atoms with van der Waals surface area (Å²) in [5, 5.41) is 22.0. The molecule has 41 heavy (non-hydrogen) atoms. The van der Waals surface area contributed by atoms with Crippen LogP contribution in [-0.4, -0.2) is 94.5 Å². The minimum absolute atomic E-state index is 0.00870. The second-order valence-corrected chi connectivity index (χ2v) is 14.3. The van der Waals surface area contributed by atoms with Gasteiger partial charge in [0.15, 0.2) is 0 Å². The van der Waals surface area contributed by atoms with Gasteiger partial charge < -0.3 is 20.1 Å². The topological polar surface area (TPSA) is 147 Å². The predicted octanol–water partition coefficient (Wildman–Crippen LogP) is 1.22. The third kappa shape index (κ3) is 5.64.